The summed E-state index contributed by atoms with van der Waals surface area (Å²) in [5, 5.41) is 22.7. The molecule has 0 bridgehead atoms. The van der Waals surface area contributed by atoms with Crippen molar-refractivity contribution in [3.05, 3.63) is 59.0 Å². The van der Waals surface area contributed by atoms with Gasteiger partial charge in [0.05, 0.1) is 41.5 Å². The molecule has 0 amide bonds. The van der Waals surface area contributed by atoms with E-state index in [1.807, 2.05) is 31.3 Å². The van der Waals surface area contributed by atoms with Crippen LogP contribution in [0.3, 0.4) is 0 Å². The van der Waals surface area contributed by atoms with Crippen LogP contribution < -0.4 is 5.73 Å². The maximum atomic E-state index is 9.34. The summed E-state index contributed by atoms with van der Waals surface area (Å²) in [4.78, 5) is 8.74. The number of anilines is 1. The van der Waals surface area contributed by atoms with Crippen LogP contribution in [0.1, 0.15) is 42.8 Å². The van der Waals surface area contributed by atoms with E-state index in [-0.39, 0.29) is 5.95 Å². The average molecular weight is 440 g/mol. The molecule has 4 aromatic rings. The van der Waals surface area contributed by atoms with E-state index in [0.717, 1.165) is 36.2 Å². The van der Waals surface area contributed by atoms with Gasteiger partial charge >= 0.3 is 0 Å². The topological polar surface area (TPSA) is 124 Å². The van der Waals surface area contributed by atoms with Crippen LogP contribution in [0.5, 0.6) is 0 Å². The molecule has 3 aromatic heterocycles. The largest absolute Gasteiger partial charge is 0.368 e. The van der Waals surface area contributed by atoms with Gasteiger partial charge in [0.2, 0.25) is 5.95 Å². The Bertz CT molecular complexity index is 1390. The highest BCUT2D eigenvalue weighted by Gasteiger charge is 2.26. The van der Waals surface area contributed by atoms with Crippen LogP contribution in [0.25, 0.3) is 22.6 Å². The van der Waals surface area contributed by atoms with Crippen LogP contribution in [0.4, 0.5) is 5.95 Å². The first-order chi connectivity index (χ1) is 15.8. The van der Waals surface area contributed by atoms with Crippen molar-refractivity contribution in [2.75, 3.05) is 5.73 Å². The van der Waals surface area contributed by atoms with Gasteiger partial charge in [0.25, 0.3) is 0 Å². The molecule has 4 heterocycles. The Balaban J connectivity index is 1.42. The number of hydrogen-bond donors (Lipinski definition) is 1. The highest BCUT2D eigenvalue weighted by Crippen LogP contribution is 2.31. The standard InChI is InChI=1S/C24H25N9/c1-15-16(12-25)5-4-6-19(15)20-10-21(28-23(26)27-20)22-14-32(31-29-22)13-17-9-18-11-24(2,3)7-8-33(18)30-17/h4-6,9-10,14H,7-8,11,13H2,1-3H3,(H2,26,27,28). The van der Waals surface area contributed by atoms with Gasteiger partial charge in [0.1, 0.15) is 5.69 Å². The molecule has 0 fully saturated rings. The molecule has 0 spiro atoms. The van der Waals surface area contributed by atoms with Gasteiger partial charge < -0.3 is 5.73 Å². The van der Waals surface area contributed by atoms with Crippen molar-refractivity contribution in [3.63, 3.8) is 0 Å². The number of rotatable bonds is 4. The highest BCUT2D eigenvalue weighted by molar-refractivity contribution is 5.71. The zero-order chi connectivity index (χ0) is 23.2. The fourth-order valence-electron chi connectivity index (χ4n) is 4.34. The average Bonchev–Trinajstić information content (AvgIpc) is 3.39. The van der Waals surface area contributed by atoms with E-state index in [9.17, 15) is 5.26 Å². The molecule has 9 heteroatoms. The number of aromatic nitrogens is 7. The first kappa shape index (κ1) is 20.8. The quantitative estimate of drug-likeness (QED) is 0.517. The molecule has 9 nitrogen and oxygen atoms in total. The number of aryl methyl sites for hydroxylation is 1. The molecule has 0 atom stereocenters. The van der Waals surface area contributed by atoms with Gasteiger partial charge in [-0.1, -0.05) is 31.2 Å². The number of fused-ring (bicyclic) bond motifs is 1. The summed E-state index contributed by atoms with van der Waals surface area (Å²) in [6.07, 6.45) is 3.99. The fraction of sp³-hybridized carbons (Fsp3) is 0.333. The summed E-state index contributed by atoms with van der Waals surface area (Å²) < 4.78 is 3.86. The third-order valence-electron chi connectivity index (χ3n) is 6.17. The molecule has 166 valence electrons. The SMILES string of the molecule is Cc1c(C#N)cccc1-c1cc(-c2cn(Cc3cc4n(n3)CCC(C)(C)C4)nn2)nc(N)n1. The van der Waals surface area contributed by atoms with E-state index in [0.29, 0.717) is 34.6 Å². The molecule has 0 saturated heterocycles. The summed E-state index contributed by atoms with van der Waals surface area (Å²) in [7, 11) is 0. The summed E-state index contributed by atoms with van der Waals surface area (Å²) in [6, 6.07) is 11.7. The molecule has 1 aliphatic rings. The number of hydrogen-bond acceptors (Lipinski definition) is 7. The molecule has 2 N–H and O–H groups in total. The Morgan fingerprint density at radius 2 is 1.97 bits per heavy atom. The predicted molar refractivity (Wildman–Crippen MR) is 124 cm³/mol. The minimum atomic E-state index is 0.142. The van der Waals surface area contributed by atoms with Crippen molar-refractivity contribution in [1.82, 2.24) is 34.7 Å². The van der Waals surface area contributed by atoms with Crippen molar-refractivity contribution >= 4 is 5.95 Å². The molecule has 33 heavy (non-hydrogen) atoms. The Morgan fingerprint density at radius 1 is 1.15 bits per heavy atom. The first-order valence-corrected chi connectivity index (χ1v) is 10.9. The van der Waals surface area contributed by atoms with Gasteiger partial charge in [-0.3, -0.25) is 4.68 Å². The van der Waals surface area contributed by atoms with Crippen molar-refractivity contribution in [3.8, 4) is 28.7 Å². The Hall–Kier alpha value is -4.06. The third-order valence-corrected chi connectivity index (χ3v) is 6.17. The smallest absolute Gasteiger partial charge is 0.221 e. The summed E-state index contributed by atoms with van der Waals surface area (Å²) in [6.45, 7) is 7.97. The van der Waals surface area contributed by atoms with Crippen molar-refractivity contribution in [2.45, 2.75) is 46.7 Å². The maximum Gasteiger partial charge on any atom is 0.221 e. The second kappa shape index (κ2) is 7.81. The number of benzene rings is 1. The first-order valence-electron chi connectivity index (χ1n) is 10.9. The van der Waals surface area contributed by atoms with Crippen LogP contribution >= 0.6 is 0 Å². The fourth-order valence-corrected chi connectivity index (χ4v) is 4.34. The van der Waals surface area contributed by atoms with Gasteiger partial charge in [-0.05, 0) is 48.9 Å². The summed E-state index contributed by atoms with van der Waals surface area (Å²) in [5.74, 6) is 0.142. The van der Waals surface area contributed by atoms with Gasteiger partial charge in [-0.25, -0.2) is 14.6 Å². The number of nitrogens with two attached hydrogens (primary N) is 1. The van der Waals surface area contributed by atoms with Crippen LogP contribution in [-0.4, -0.2) is 34.7 Å². The monoisotopic (exact) mass is 439 g/mol. The summed E-state index contributed by atoms with van der Waals surface area (Å²) in [5.41, 5.74) is 12.7. The molecular formula is C24H25N9. The number of nitriles is 1. The van der Waals surface area contributed by atoms with E-state index < -0.39 is 0 Å². The minimum Gasteiger partial charge on any atom is -0.368 e. The molecule has 5 rings (SSSR count). The Kier molecular flexibility index (Phi) is 4.93. The maximum absolute atomic E-state index is 9.34. The lowest BCUT2D eigenvalue weighted by molar-refractivity contribution is 0.260. The van der Waals surface area contributed by atoms with Crippen LogP contribution in [0.15, 0.2) is 36.5 Å². The van der Waals surface area contributed by atoms with Gasteiger partial charge in [0.15, 0.2) is 0 Å². The van der Waals surface area contributed by atoms with Crippen LogP contribution in [0, 0.1) is 23.7 Å². The molecule has 1 aromatic carbocycles. The Labute approximate surface area is 191 Å². The second-order valence-corrected chi connectivity index (χ2v) is 9.33. The minimum absolute atomic E-state index is 0.142. The number of nitrogen functional groups attached to an aromatic ring is 1. The summed E-state index contributed by atoms with van der Waals surface area (Å²) >= 11 is 0. The Morgan fingerprint density at radius 3 is 2.79 bits per heavy atom. The zero-order valence-electron chi connectivity index (χ0n) is 18.9. The molecule has 1 aliphatic heterocycles. The highest BCUT2D eigenvalue weighted by atomic mass is 15.4. The van der Waals surface area contributed by atoms with E-state index in [2.05, 4.69) is 50.9 Å². The number of nitrogens with zero attached hydrogens (tertiary/aromatic N) is 8. The van der Waals surface area contributed by atoms with Gasteiger partial charge in [-0.2, -0.15) is 10.4 Å². The predicted octanol–water partition coefficient (Wildman–Crippen LogP) is 3.38. The van der Waals surface area contributed by atoms with Gasteiger partial charge in [0, 0.05) is 17.8 Å². The van der Waals surface area contributed by atoms with Crippen LogP contribution in [0.2, 0.25) is 0 Å². The normalized spacial score (nSPS) is 14.6. The van der Waals surface area contributed by atoms with E-state index >= 15 is 0 Å². The van der Waals surface area contributed by atoms with Crippen molar-refractivity contribution < 1.29 is 0 Å². The lowest BCUT2D eigenvalue weighted by atomic mass is 9.82. The van der Waals surface area contributed by atoms with E-state index in [1.54, 1.807) is 10.7 Å². The zero-order valence-corrected chi connectivity index (χ0v) is 18.9. The molecule has 0 aliphatic carbocycles. The molecule has 0 saturated carbocycles. The third kappa shape index (κ3) is 4.07. The van der Waals surface area contributed by atoms with Gasteiger partial charge in [-0.15, -0.1) is 5.10 Å². The van der Waals surface area contributed by atoms with Crippen LogP contribution in [-0.2, 0) is 19.5 Å². The molecule has 0 unspecified atom stereocenters. The van der Waals surface area contributed by atoms with Crippen molar-refractivity contribution in [2.24, 2.45) is 5.41 Å². The second-order valence-electron chi connectivity index (χ2n) is 9.33. The lowest BCUT2D eigenvalue weighted by Gasteiger charge is -2.29. The lowest BCUT2D eigenvalue weighted by Crippen LogP contribution is -2.26. The molecular weight excluding hydrogens is 414 g/mol. The van der Waals surface area contributed by atoms with E-state index in [4.69, 9.17) is 10.8 Å². The molecule has 0 radical (unpaired) electrons. The van der Waals surface area contributed by atoms with Crippen molar-refractivity contribution in [1.29, 1.82) is 5.26 Å². The van der Waals surface area contributed by atoms with E-state index in [1.165, 1.54) is 5.69 Å².